The Morgan fingerprint density at radius 1 is 1.26 bits per heavy atom. The number of nitrogens with two attached hydrogens (primary N) is 1. The van der Waals surface area contributed by atoms with Crippen LogP contribution in [0.25, 0.3) is 11.0 Å². The number of ether oxygens (including phenoxy) is 1. The first-order chi connectivity index (χ1) is 11.2. The molecule has 6 nitrogen and oxygen atoms in total. The fraction of sp³-hybridized carbons (Fsp3) is 0.0625. The van der Waals surface area contributed by atoms with Gasteiger partial charge in [-0.05, 0) is 54.2 Å². The summed E-state index contributed by atoms with van der Waals surface area (Å²) in [5, 5.41) is 4.02. The summed E-state index contributed by atoms with van der Waals surface area (Å²) in [6.07, 6.45) is 1.63. The van der Waals surface area contributed by atoms with E-state index in [1.54, 1.807) is 6.21 Å². The van der Waals surface area contributed by atoms with Crippen LogP contribution >= 0.6 is 12.2 Å². The fourth-order valence-corrected chi connectivity index (χ4v) is 2.10. The van der Waals surface area contributed by atoms with Crippen LogP contribution in [0.4, 0.5) is 0 Å². The molecule has 2 aromatic carbocycles. The van der Waals surface area contributed by atoms with Gasteiger partial charge >= 0.3 is 0 Å². The van der Waals surface area contributed by atoms with Gasteiger partial charge < -0.3 is 15.5 Å². The highest BCUT2D eigenvalue weighted by atomic mass is 32.1. The first-order valence-electron chi connectivity index (χ1n) is 6.96. The minimum Gasteiger partial charge on any atom is -0.486 e. The number of benzene rings is 2. The Bertz CT molecular complexity index is 808. The summed E-state index contributed by atoms with van der Waals surface area (Å²) in [6, 6.07) is 15.4. The minimum atomic E-state index is 0.132. The predicted octanol–water partition coefficient (Wildman–Crippen LogP) is 2.31. The molecule has 0 aliphatic rings. The zero-order chi connectivity index (χ0) is 16.1. The molecular weight excluding hydrogens is 310 g/mol. The Balaban J connectivity index is 1.59. The van der Waals surface area contributed by atoms with E-state index in [4.69, 9.17) is 10.5 Å². The van der Waals surface area contributed by atoms with Crippen molar-refractivity contribution in [1.29, 1.82) is 0 Å². The average Bonchev–Trinajstić information content (AvgIpc) is 2.97. The molecule has 116 valence electrons. The highest BCUT2D eigenvalue weighted by molar-refractivity contribution is 7.80. The van der Waals surface area contributed by atoms with Crippen LogP contribution in [0.1, 0.15) is 11.4 Å². The van der Waals surface area contributed by atoms with Crippen molar-refractivity contribution >= 4 is 34.6 Å². The van der Waals surface area contributed by atoms with E-state index < -0.39 is 0 Å². The van der Waals surface area contributed by atoms with E-state index in [1.807, 2.05) is 48.5 Å². The van der Waals surface area contributed by atoms with Gasteiger partial charge in [0.05, 0.1) is 17.2 Å². The number of imidazole rings is 1. The van der Waals surface area contributed by atoms with Crippen molar-refractivity contribution in [3.05, 3.63) is 59.9 Å². The van der Waals surface area contributed by atoms with Gasteiger partial charge in [0, 0.05) is 0 Å². The molecule has 1 aromatic heterocycles. The van der Waals surface area contributed by atoms with E-state index in [0.717, 1.165) is 28.2 Å². The third-order valence-corrected chi connectivity index (χ3v) is 3.17. The molecule has 0 atom stereocenters. The molecule has 0 spiro atoms. The zero-order valence-electron chi connectivity index (χ0n) is 12.2. The molecule has 0 aliphatic heterocycles. The maximum absolute atomic E-state index is 5.72. The second-order valence-electron chi connectivity index (χ2n) is 4.79. The molecule has 0 saturated carbocycles. The SMILES string of the molecule is NC(=S)N/N=C\c1ccc(OCc2nc3ccccc3[nH]2)cc1. The van der Waals surface area contributed by atoms with Crippen molar-refractivity contribution < 1.29 is 4.74 Å². The van der Waals surface area contributed by atoms with Gasteiger partial charge in [-0.3, -0.25) is 5.43 Å². The van der Waals surface area contributed by atoms with Crippen LogP contribution in [0.15, 0.2) is 53.6 Å². The second kappa shape index (κ2) is 6.89. The maximum atomic E-state index is 5.72. The molecule has 0 fully saturated rings. The smallest absolute Gasteiger partial charge is 0.184 e. The van der Waals surface area contributed by atoms with Gasteiger partial charge in [-0.25, -0.2) is 4.98 Å². The standard InChI is InChI=1S/C16H15N5OS/c17-16(23)21-18-9-11-5-7-12(8-6-11)22-10-15-19-13-3-1-2-4-14(13)20-15/h1-9H,10H2,(H,19,20)(H3,17,21,23)/b18-9-. The summed E-state index contributed by atoms with van der Waals surface area (Å²) in [7, 11) is 0. The molecule has 0 radical (unpaired) electrons. The Labute approximate surface area is 138 Å². The summed E-state index contributed by atoms with van der Waals surface area (Å²) < 4.78 is 5.72. The summed E-state index contributed by atoms with van der Waals surface area (Å²) in [5.41, 5.74) is 10.6. The molecular formula is C16H15N5OS. The number of rotatable bonds is 5. The lowest BCUT2D eigenvalue weighted by molar-refractivity contribution is 0.297. The van der Waals surface area contributed by atoms with E-state index in [1.165, 1.54) is 0 Å². The number of hydrazone groups is 1. The predicted molar refractivity (Wildman–Crippen MR) is 94.4 cm³/mol. The van der Waals surface area contributed by atoms with Gasteiger partial charge in [0.1, 0.15) is 18.2 Å². The van der Waals surface area contributed by atoms with Crippen LogP contribution < -0.4 is 15.9 Å². The lowest BCUT2D eigenvalue weighted by Gasteiger charge is -2.04. The van der Waals surface area contributed by atoms with Crippen molar-refractivity contribution in [2.24, 2.45) is 10.8 Å². The van der Waals surface area contributed by atoms with Gasteiger partial charge in [0.25, 0.3) is 0 Å². The zero-order valence-corrected chi connectivity index (χ0v) is 13.0. The third kappa shape index (κ3) is 4.04. The molecule has 1 heterocycles. The largest absolute Gasteiger partial charge is 0.486 e. The van der Waals surface area contributed by atoms with Crippen molar-refractivity contribution in [3.8, 4) is 5.75 Å². The number of nitrogens with zero attached hydrogens (tertiary/aromatic N) is 2. The Kier molecular flexibility index (Phi) is 4.49. The van der Waals surface area contributed by atoms with E-state index in [9.17, 15) is 0 Å². The number of aromatic amines is 1. The molecule has 0 saturated heterocycles. The molecule has 0 unspecified atom stereocenters. The number of H-pyrrole nitrogens is 1. The topological polar surface area (TPSA) is 88.3 Å². The summed E-state index contributed by atoms with van der Waals surface area (Å²) in [6.45, 7) is 0.380. The normalized spacial score (nSPS) is 11.0. The quantitative estimate of drug-likeness (QED) is 0.380. The van der Waals surface area contributed by atoms with Crippen LogP contribution in [0.3, 0.4) is 0 Å². The Morgan fingerprint density at radius 3 is 2.78 bits per heavy atom. The van der Waals surface area contributed by atoms with Crippen molar-refractivity contribution in [2.75, 3.05) is 0 Å². The van der Waals surface area contributed by atoms with Crippen LogP contribution in [0.5, 0.6) is 5.75 Å². The van der Waals surface area contributed by atoms with Gasteiger partial charge in [0.15, 0.2) is 5.11 Å². The van der Waals surface area contributed by atoms with Crippen LogP contribution in [0.2, 0.25) is 0 Å². The maximum Gasteiger partial charge on any atom is 0.184 e. The van der Waals surface area contributed by atoms with E-state index in [-0.39, 0.29) is 5.11 Å². The third-order valence-electron chi connectivity index (χ3n) is 3.08. The number of hydrogen-bond acceptors (Lipinski definition) is 4. The molecule has 0 amide bonds. The van der Waals surface area contributed by atoms with Crippen LogP contribution in [-0.4, -0.2) is 21.3 Å². The van der Waals surface area contributed by atoms with Crippen molar-refractivity contribution in [3.63, 3.8) is 0 Å². The fourth-order valence-electron chi connectivity index (χ4n) is 2.05. The second-order valence-corrected chi connectivity index (χ2v) is 5.23. The van der Waals surface area contributed by atoms with E-state index in [0.29, 0.717) is 6.61 Å². The van der Waals surface area contributed by atoms with Gasteiger partial charge in [0.2, 0.25) is 0 Å². The molecule has 0 aliphatic carbocycles. The molecule has 3 rings (SSSR count). The number of fused-ring (bicyclic) bond motifs is 1. The van der Waals surface area contributed by atoms with Crippen molar-refractivity contribution in [1.82, 2.24) is 15.4 Å². The van der Waals surface area contributed by atoms with Gasteiger partial charge in [-0.2, -0.15) is 5.10 Å². The highest BCUT2D eigenvalue weighted by Gasteiger charge is 2.02. The number of aromatic nitrogens is 2. The lowest BCUT2D eigenvalue weighted by atomic mass is 10.2. The first kappa shape index (κ1) is 15.0. The average molecular weight is 325 g/mol. The van der Waals surface area contributed by atoms with E-state index in [2.05, 4.69) is 32.7 Å². The number of nitrogens with one attached hydrogen (secondary N) is 2. The molecule has 7 heteroatoms. The summed E-state index contributed by atoms with van der Waals surface area (Å²) in [5.74, 6) is 1.54. The molecule has 4 N–H and O–H groups in total. The monoisotopic (exact) mass is 325 g/mol. The molecule has 0 bridgehead atoms. The Morgan fingerprint density at radius 2 is 2.04 bits per heavy atom. The Hall–Kier alpha value is -2.93. The van der Waals surface area contributed by atoms with Gasteiger partial charge in [-0.1, -0.05) is 12.1 Å². The number of hydrogen-bond donors (Lipinski definition) is 3. The minimum absolute atomic E-state index is 0.132. The number of thiocarbonyl (C=S) groups is 1. The van der Waals surface area contributed by atoms with Crippen LogP contribution in [-0.2, 0) is 6.61 Å². The first-order valence-corrected chi connectivity index (χ1v) is 7.36. The molecule has 3 aromatic rings. The summed E-state index contributed by atoms with van der Waals surface area (Å²) in [4.78, 5) is 7.69. The van der Waals surface area contributed by atoms with Crippen LogP contribution in [0, 0.1) is 0 Å². The van der Waals surface area contributed by atoms with E-state index >= 15 is 0 Å². The lowest BCUT2D eigenvalue weighted by Crippen LogP contribution is -2.23. The van der Waals surface area contributed by atoms with Crippen molar-refractivity contribution in [2.45, 2.75) is 6.61 Å². The summed E-state index contributed by atoms with van der Waals surface area (Å²) >= 11 is 4.66. The highest BCUT2D eigenvalue weighted by Crippen LogP contribution is 2.15. The number of para-hydroxylation sites is 2. The molecule has 23 heavy (non-hydrogen) atoms. The van der Waals surface area contributed by atoms with Gasteiger partial charge in [-0.15, -0.1) is 0 Å².